The van der Waals surface area contributed by atoms with Gasteiger partial charge in [0.25, 0.3) is 0 Å². The molecule has 1 saturated heterocycles. The number of likely N-dealkylation sites (N-methyl/N-ethyl adjacent to an activating group) is 1. The number of hydrogen-bond acceptors (Lipinski definition) is 5. The number of hydrogen-bond donors (Lipinski definition) is 1. The Morgan fingerprint density at radius 2 is 2.05 bits per heavy atom. The zero-order chi connectivity index (χ0) is 16.1. The van der Waals surface area contributed by atoms with Crippen LogP contribution in [-0.2, 0) is 11.3 Å². The van der Waals surface area contributed by atoms with Gasteiger partial charge in [-0.2, -0.15) is 0 Å². The van der Waals surface area contributed by atoms with E-state index in [0.29, 0.717) is 31.1 Å². The van der Waals surface area contributed by atoms with Gasteiger partial charge in [0.15, 0.2) is 11.5 Å². The molecule has 1 N–H and O–H groups in total. The predicted molar refractivity (Wildman–Crippen MR) is 81.0 cm³/mol. The number of rotatable bonds is 6. The molecule has 0 spiro atoms. The van der Waals surface area contributed by atoms with Crippen LogP contribution in [0.3, 0.4) is 0 Å². The summed E-state index contributed by atoms with van der Waals surface area (Å²) < 4.78 is 10.5. The number of carbonyl (C=O) groups excluding carboxylic acids is 2. The van der Waals surface area contributed by atoms with Crippen molar-refractivity contribution in [3.05, 3.63) is 23.8 Å². The lowest BCUT2D eigenvalue weighted by molar-refractivity contribution is -0.128. The molecule has 0 unspecified atom stereocenters. The molecule has 0 atom stereocenters. The molecule has 7 heteroatoms. The number of methoxy groups -OCH3 is 2. The minimum atomic E-state index is -0.315. The highest BCUT2D eigenvalue weighted by atomic mass is 16.5. The second-order valence-electron chi connectivity index (χ2n) is 5.14. The van der Waals surface area contributed by atoms with Gasteiger partial charge in [0, 0.05) is 19.6 Å². The summed E-state index contributed by atoms with van der Waals surface area (Å²) in [6.45, 7) is 1.70. The van der Waals surface area contributed by atoms with Crippen molar-refractivity contribution in [3.63, 3.8) is 0 Å². The van der Waals surface area contributed by atoms with Crippen LogP contribution in [0.25, 0.3) is 0 Å². The fourth-order valence-corrected chi connectivity index (χ4v) is 2.37. The molecule has 0 aromatic heterocycles. The van der Waals surface area contributed by atoms with Crippen molar-refractivity contribution in [2.75, 3.05) is 40.9 Å². The first-order valence-electron chi connectivity index (χ1n) is 7.02. The molecule has 0 radical (unpaired) electrons. The number of nitrogens with zero attached hydrogens (tertiary/aromatic N) is 2. The van der Waals surface area contributed by atoms with Gasteiger partial charge in [0.2, 0.25) is 5.91 Å². The first-order chi connectivity index (χ1) is 10.5. The fraction of sp³-hybridized carbons (Fsp3) is 0.467. The summed E-state index contributed by atoms with van der Waals surface area (Å²) in [5.74, 6) is 1.12. The van der Waals surface area contributed by atoms with E-state index in [0.717, 1.165) is 5.56 Å². The zero-order valence-electron chi connectivity index (χ0n) is 13.1. The van der Waals surface area contributed by atoms with E-state index in [2.05, 4.69) is 5.32 Å². The molecule has 1 heterocycles. The van der Waals surface area contributed by atoms with E-state index in [4.69, 9.17) is 9.47 Å². The van der Waals surface area contributed by atoms with E-state index < -0.39 is 0 Å². The molecule has 1 fully saturated rings. The number of nitrogens with one attached hydrogen (secondary N) is 1. The average molecular weight is 307 g/mol. The van der Waals surface area contributed by atoms with Crippen LogP contribution in [0.15, 0.2) is 18.2 Å². The molecule has 1 aromatic carbocycles. The maximum atomic E-state index is 12.1. The van der Waals surface area contributed by atoms with Gasteiger partial charge in [-0.3, -0.25) is 14.6 Å². The highest BCUT2D eigenvalue weighted by Gasteiger charge is 2.26. The molecule has 120 valence electrons. The second kappa shape index (κ2) is 7.13. The lowest BCUT2D eigenvalue weighted by Crippen LogP contribution is -2.40. The number of ether oxygens (including phenoxy) is 2. The summed E-state index contributed by atoms with van der Waals surface area (Å²) in [6.07, 6.45) is 0. The largest absolute Gasteiger partial charge is 0.493 e. The van der Waals surface area contributed by atoms with Crippen LogP contribution in [0.1, 0.15) is 5.56 Å². The van der Waals surface area contributed by atoms with Crippen molar-refractivity contribution < 1.29 is 19.1 Å². The molecule has 1 aromatic rings. The third-order valence-electron chi connectivity index (χ3n) is 3.46. The minimum absolute atomic E-state index is 0.182. The molecule has 2 rings (SSSR count). The Labute approximate surface area is 129 Å². The van der Waals surface area contributed by atoms with Gasteiger partial charge in [-0.1, -0.05) is 6.07 Å². The zero-order valence-corrected chi connectivity index (χ0v) is 13.1. The van der Waals surface area contributed by atoms with Crippen molar-refractivity contribution in [3.8, 4) is 11.5 Å². The topological polar surface area (TPSA) is 71.1 Å². The summed E-state index contributed by atoms with van der Waals surface area (Å²) in [7, 11) is 5.01. The SMILES string of the molecule is COc1ccc(CN(C)CC(=O)N2CCNC2=O)cc1OC. The number of amides is 3. The Morgan fingerprint density at radius 3 is 2.64 bits per heavy atom. The molecule has 1 aliphatic rings. The van der Waals surface area contributed by atoms with Gasteiger partial charge >= 0.3 is 6.03 Å². The summed E-state index contributed by atoms with van der Waals surface area (Å²) in [5, 5.41) is 2.62. The van der Waals surface area contributed by atoms with Crippen molar-refractivity contribution in [1.29, 1.82) is 0 Å². The Morgan fingerprint density at radius 1 is 1.32 bits per heavy atom. The molecule has 0 bridgehead atoms. The maximum Gasteiger partial charge on any atom is 0.324 e. The molecule has 0 saturated carbocycles. The lowest BCUT2D eigenvalue weighted by atomic mass is 10.2. The van der Waals surface area contributed by atoms with Crippen molar-refractivity contribution in [2.24, 2.45) is 0 Å². The smallest absolute Gasteiger partial charge is 0.324 e. The third kappa shape index (κ3) is 3.67. The highest BCUT2D eigenvalue weighted by Crippen LogP contribution is 2.27. The highest BCUT2D eigenvalue weighted by molar-refractivity contribution is 5.96. The Balaban J connectivity index is 1.95. The fourth-order valence-electron chi connectivity index (χ4n) is 2.37. The Hall–Kier alpha value is -2.28. The van der Waals surface area contributed by atoms with Gasteiger partial charge in [-0.25, -0.2) is 4.79 Å². The lowest BCUT2D eigenvalue weighted by Gasteiger charge is -2.20. The van der Waals surface area contributed by atoms with Crippen LogP contribution in [0.4, 0.5) is 4.79 Å². The first kappa shape index (κ1) is 16.1. The van der Waals surface area contributed by atoms with Crippen molar-refractivity contribution in [2.45, 2.75) is 6.54 Å². The first-order valence-corrected chi connectivity index (χ1v) is 7.02. The van der Waals surface area contributed by atoms with E-state index in [1.807, 2.05) is 30.1 Å². The standard InChI is InChI=1S/C15H21N3O4/c1-17(10-14(19)18-7-6-16-15(18)20)9-11-4-5-12(21-2)13(8-11)22-3/h4-5,8H,6-7,9-10H2,1-3H3,(H,16,20). The summed E-state index contributed by atoms with van der Waals surface area (Å²) in [4.78, 5) is 26.6. The van der Waals surface area contributed by atoms with E-state index >= 15 is 0 Å². The number of carbonyl (C=O) groups is 2. The maximum absolute atomic E-state index is 12.1. The van der Waals surface area contributed by atoms with Crippen molar-refractivity contribution in [1.82, 2.24) is 15.1 Å². The normalized spacial score (nSPS) is 14.2. The Kier molecular flexibility index (Phi) is 5.21. The van der Waals surface area contributed by atoms with Crippen LogP contribution >= 0.6 is 0 Å². The molecule has 7 nitrogen and oxygen atoms in total. The van der Waals surface area contributed by atoms with Crippen molar-refractivity contribution >= 4 is 11.9 Å². The van der Waals surface area contributed by atoms with E-state index in [1.165, 1.54) is 4.90 Å². The van der Waals surface area contributed by atoms with Crippen LogP contribution in [-0.4, -0.2) is 62.6 Å². The van der Waals surface area contributed by atoms with Gasteiger partial charge in [0.1, 0.15) is 0 Å². The van der Waals surface area contributed by atoms with Crippen LogP contribution in [0.5, 0.6) is 11.5 Å². The van der Waals surface area contributed by atoms with Crippen LogP contribution in [0, 0.1) is 0 Å². The van der Waals surface area contributed by atoms with Gasteiger partial charge < -0.3 is 14.8 Å². The number of imide groups is 1. The minimum Gasteiger partial charge on any atom is -0.493 e. The van der Waals surface area contributed by atoms with Crippen LogP contribution in [0.2, 0.25) is 0 Å². The molecule has 1 aliphatic heterocycles. The Bertz CT molecular complexity index is 562. The summed E-state index contributed by atoms with van der Waals surface area (Å²) >= 11 is 0. The average Bonchev–Trinajstić information content (AvgIpc) is 2.93. The number of urea groups is 1. The quantitative estimate of drug-likeness (QED) is 0.837. The summed E-state index contributed by atoms with van der Waals surface area (Å²) in [6, 6.07) is 5.31. The van der Waals surface area contributed by atoms with E-state index in [1.54, 1.807) is 14.2 Å². The molecule has 3 amide bonds. The van der Waals surface area contributed by atoms with E-state index in [9.17, 15) is 9.59 Å². The second-order valence-corrected chi connectivity index (χ2v) is 5.14. The molecular weight excluding hydrogens is 286 g/mol. The van der Waals surface area contributed by atoms with Gasteiger partial charge in [0.05, 0.1) is 20.8 Å². The third-order valence-corrected chi connectivity index (χ3v) is 3.46. The van der Waals surface area contributed by atoms with Gasteiger partial charge in [-0.15, -0.1) is 0 Å². The van der Waals surface area contributed by atoms with E-state index in [-0.39, 0.29) is 18.5 Å². The van der Waals surface area contributed by atoms with Crippen LogP contribution < -0.4 is 14.8 Å². The molecule has 0 aliphatic carbocycles. The summed E-state index contributed by atoms with van der Waals surface area (Å²) in [5.41, 5.74) is 0.999. The number of benzene rings is 1. The monoisotopic (exact) mass is 307 g/mol. The molecular formula is C15H21N3O4. The predicted octanol–water partition coefficient (Wildman–Crippen LogP) is 0.687. The molecule has 22 heavy (non-hydrogen) atoms. The van der Waals surface area contributed by atoms with Gasteiger partial charge in [-0.05, 0) is 24.7 Å².